The molecule has 0 radical (unpaired) electrons. The van der Waals surface area contributed by atoms with Crippen LogP contribution in [0.3, 0.4) is 0 Å². The van der Waals surface area contributed by atoms with E-state index in [-0.39, 0.29) is 17.8 Å². The summed E-state index contributed by atoms with van der Waals surface area (Å²) in [7, 11) is 1.75. The van der Waals surface area contributed by atoms with Crippen LogP contribution in [-0.2, 0) is 0 Å². The lowest BCUT2D eigenvalue weighted by molar-refractivity contribution is -0.0272. The van der Waals surface area contributed by atoms with Gasteiger partial charge in [-0.05, 0) is 6.42 Å². The van der Waals surface area contributed by atoms with Crippen LogP contribution in [0.4, 0.5) is 4.39 Å². The molecule has 0 aromatic rings. The van der Waals surface area contributed by atoms with Gasteiger partial charge in [0.25, 0.3) is 0 Å². The average molecular weight is 234 g/mol. The second-order valence-corrected chi connectivity index (χ2v) is 5.17. The third-order valence-electron chi connectivity index (χ3n) is 3.03. The van der Waals surface area contributed by atoms with E-state index in [9.17, 15) is 9.50 Å². The monoisotopic (exact) mass is 234 g/mol. The Hall–Kier alpha value is -0.330. The predicted molar refractivity (Wildman–Crippen MR) is 57.8 cm³/mol. The standard InChI is InChI=1S/C9H15FN2O2S/c1-11-9-12-7-5(15-9)2-4(3-13)8(14)6(7)10/h4-8,13-14H,2-3H2,1H3,(H,11,12)/t4-,5+,6+,7+,8-/m1/s1. The van der Waals surface area contributed by atoms with Crippen LogP contribution in [0.25, 0.3) is 0 Å². The number of aliphatic hydroxyl groups is 2. The Morgan fingerprint density at radius 1 is 1.67 bits per heavy atom. The number of fused-ring (bicyclic) bond motifs is 1. The summed E-state index contributed by atoms with van der Waals surface area (Å²) in [5.41, 5.74) is 0. The minimum atomic E-state index is -1.36. The lowest BCUT2D eigenvalue weighted by Gasteiger charge is -2.35. The van der Waals surface area contributed by atoms with Crippen molar-refractivity contribution in [2.24, 2.45) is 10.9 Å². The molecule has 86 valence electrons. The number of hydrogen-bond donors (Lipinski definition) is 3. The van der Waals surface area contributed by atoms with Gasteiger partial charge in [0.15, 0.2) is 5.17 Å². The zero-order valence-corrected chi connectivity index (χ0v) is 9.25. The molecule has 6 heteroatoms. The Balaban J connectivity index is 2.12. The molecule has 4 nitrogen and oxygen atoms in total. The van der Waals surface area contributed by atoms with E-state index in [1.165, 1.54) is 11.8 Å². The molecule has 15 heavy (non-hydrogen) atoms. The Kier molecular flexibility index (Phi) is 3.18. The molecule has 2 aliphatic rings. The maximum absolute atomic E-state index is 13.8. The first-order chi connectivity index (χ1) is 7.17. The van der Waals surface area contributed by atoms with Crippen molar-refractivity contribution in [2.75, 3.05) is 13.7 Å². The van der Waals surface area contributed by atoms with Gasteiger partial charge in [-0.2, -0.15) is 0 Å². The number of hydrogen-bond acceptors (Lipinski definition) is 5. The van der Waals surface area contributed by atoms with E-state index in [4.69, 9.17) is 5.11 Å². The maximum Gasteiger partial charge on any atom is 0.157 e. The molecular weight excluding hydrogens is 219 g/mol. The molecule has 2 rings (SSSR count). The first kappa shape index (κ1) is 11.2. The van der Waals surface area contributed by atoms with E-state index in [1.807, 2.05) is 0 Å². The van der Waals surface area contributed by atoms with Crippen LogP contribution in [0, 0.1) is 5.92 Å². The Labute approximate surface area is 92.0 Å². The molecule has 0 spiro atoms. The summed E-state index contributed by atoms with van der Waals surface area (Å²) in [6.07, 6.45) is -1.83. The van der Waals surface area contributed by atoms with Crippen LogP contribution < -0.4 is 5.32 Å². The zero-order chi connectivity index (χ0) is 11.0. The van der Waals surface area contributed by atoms with Crippen LogP contribution in [0.1, 0.15) is 6.42 Å². The number of amidine groups is 1. The van der Waals surface area contributed by atoms with Gasteiger partial charge in [-0.25, -0.2) is 4.39 Å². The number of alkyl halides is 1. The van der Waals surface area contributed by atoms with Crippen LogP contribution in [0.5, 0.6) is 0 Å². The highest BCUT2D eigenvalue weighted by Crippen LogP contribution is 2.40. The van der Waals surface area contributed by atoms with E-state index in [0.717, 1.165) is 5.17 Å². The molecular formula is C9H15FN2O2S. The molecule has 1 heterocycles. The number of aliphatic imine (C=N–C) groups is 1. The number of thioether (sulfide) groups is 1. The van der Waals surface area contributed by atoms with Crippen molar-refractivity contribution >= 4 is 16.9 Å². The fourth-order valence-corrected chi connectivity index (χ4v) is 3.41. The lowest BCUT2D eigenvalue weighted by Crippen LogP contribution is -2.49. The molecule has 0 unspecified atom stereocenters. The van der Waals surface area contributed by atoms with Gasteiger partial charge in [0.1, 0.15) is 6.17 Å². The molecule has 0 aromatic heterocycles. The summed E-state index contributed by atoms with van der Waals surface area (Å²) < 4.78 is 13.8. The van der Waals surface area contributed by atoms with Gasteiger partial charge in [0.05, 0.1) is 12.1 Å². The SMILES string of the molecule is CNC1=N[C@@H]2[C@H](F)[C@H](O)[C@@H](CO)C[C@@H]2S1. The molecule has 0 amide bonds. The third kappa shape index (κ3) is 1.86. The Bertz CT molecular complexity index is 277. The molecule has 5 atom stereocenters. The molecule has 1 aliphatic heterocycles. The summed E-state index contributed by atoms with van der Waals surface area (Å²) in [5.74, 6) is -0.361. The lowest BCUT2D eigenvalue weighted by atomic mass is 9.82. The zero-order valence-electron chi connectivity index (χ0n) is 8.43. The molecule has 1 aliphatic carbocycles. The summed E-state index contributed by atoms with van der Waals surface area (Å²) in [4.78, 5) is 4.18. The highest BCUT2D eigenvalue weighted by atomic mass is 32.2. The van der Waals surface area contributed by atoms with Crippen LogP contribution in [0.2, 0.25) is 0 Å². The van der Waals surface area contributed by atoms with Crippen molar-refractivity contribution in [3.8, 4) is 0 Å². The number of halogens is 1. The van der Waals surface area contributed by atoms with E-state index < -0.39 is 18.3 Å². The van der Waals surface area contributed by atoms with Gasteiger partial charge >= 0.3 is 0 Å². The fourth-order valence-electron chi connectivity index (χ4n) is 2.13. The first-order valence-corrected chi connectivity index (χ1v) is 5.90. The quantitative estimate of drug-likeness (QED) is 0.586. The third-order valence-corrected chi connectivity index (χ3v) is 4.34. The largest absolute Gasteiger partial charge is 0.396 e. The van der Waals surface area contributed by atoms with Gasteiger partial charge in [0.2, 0.25) is 0 Å². The minimum Gasteiger partial charge on any atom is -0.396 e. The molecule has 0 saturated heterocycles. The molecule has 0 bridgehead atoms. The number of nitrogens with zero attached hydrogens (tertiary/aromatic N) is 1. The van der Waals surface area contributed by atoms with Crippen molar-refractivity contribution in [1.29, 1.82) is 0 Å². The highest BCUT2D eigenvalue weighted by Gasteiger charge is 2.47. The normalized spacial score (nSPS) is 44.8. The molecule has 0 aromatic carbocycles. The Morgan fingerprint density at radius 3 is 3.00 bits per heavy atom. The van der Waals surface area contributed by atoms with Gasteiger partial charge in [-0.15, -0.1) is 0 Å². The average Bonchev–Trinajstić information content (AvgIpc) is 2.66. The van der Waals surface area contributed by atoms with Crippen molar-refractivity contribution < 1.29 is 14.6 Å². The smallest absolute Gasteiger partial charge is 0.157 e. The van der Waals surface area contributed by atoms with E-state index in [2.05, 4.69) is 10.3 Å². The van der Waals surface area contributed by atoms with Gasteiger partial charge in [-0.3, -0.25) is 4.99 Å². The number of rotatable bonds is 1. The summed E-state index contributed by atoms with van der Waals surface area (Å²) in [6, 6.07) is -0.463. The summed E-state index contributed by atoms with van der Waals surface area (Å²) in [6.45, 7) is -0.166. The van der Waals surface area contributed by atoms with Crippen molar-refractivity contribution in [3.05, 3.63) is 0 Å². The topological polar surface area (TPSA) is 64.9 Å². The van der Waals surface area contributed by atoms with Gasteiger partial charge in [0, 0.05) is 24.8 Å². The van der Waals surface area contributed by atoms with Crippen molar-refractivity contribution in [1.82, 2.24) is 5.32 Å². The molecule has 1 fully saturated rings. The van der Waals surface area contributed by atoms with Crippen LogP contribution in [0.15, 0.2) is 4.99 Å². The number of aliphatic hydroxyl groups excluding tert-OH is 2. The van der Waals surface area contributed by atoms with E-state index >= 15 is 0 Å². The highest BCUT2D eigenvalue weighted by molar-refractivity contribution is 8.14. The first-order valence-electron chi connectivity index (χ1n) is 5.02. The Morgan fingerprint density at radius 2 is 2.40 bits per heavy atom. The second kappa shape index (κ2) is 4.27. The van der Waals surface area contributed by atoms with Crippen molar-refractivity contribution in [3.63, 3.8) is 0 Å². The van der Waals surface area contributed by atoms with Crippen LogP contribution in [-0.4, -0.2) is 52.6 Å². The van der Waals surface area contributed by atoms with E-state index in [0.29, 0.717) is 6.42 Å². The molecule has 1 saturated carbocycles. The maximum atomic E-state index is 13.8. The van der Waals surface area contributed by atoms with Gasteiger partial charge < -0.3 is 15.5 Å². The summed E-state index contributed by atoms with van der Waals surface area (Å²) >= 11 is 1.50. The minimum absolute atomic E-state index is 0.0444. The molecule has 3 N–H and O–H groups in total. The number of nitrogens with one attached hydrogen (secondary N) is 1. The predicted octanol–water partition coefficient (Wildman–Crippen LogP) is -0.243. The summed E-state index contributed by atoms with van der Waals surface area (Å²) in [5, 5.41) is 22.3. The van der Waals surface area contributed by atoms with Crippen LogP contribution >= 0.6 is 11.8 Å². The second-order valence-electron chi connectivity index (χ2n) is 3.94. The van der Waals surface area contributed by atoms with Crippen molar-refractivity contribution in [2.45, 2.75) is 30.0 Å². The van der Waals surface area contributed by atoms with Gasteiger partial charge in [-0.1, -0.05) is 11.8 Å². The van der Waals surface area contributed by atoms with E-state index in [1.54, 1.807) is 7.05 Å². The fraction of sp³-hybridized carbons (Fsp3) is 0.889.